The van der Waals surface area contributed by atoms with E-state index in [9.17, 15) is 4.79 Å². The first-order valence-electron chi connectivity index (χ1n) is 7.67. The van der Waals surface area contributed by atoms with Crippen LogP contribution in [0.3, 0.4) is 0 Å². The highest BCUT2D eigenvalue weighted by Crippen LogP contribution is 2.25. The number of fused-ring (bicyclic) bond motifs is 1. The molecule has 110 valence electrons. The highest BCUT2D eigenvalue weighted by molar-refractivity contribution is 5.79. The van der Waals surface area contributed by atoms with Crippen LogP contribution in [0.4, 0.5) is 0 Å². The largest absolute Gasteiger partial charge is 0.352 e. The van der Waals surface area contributed by atoms with Crippen LogP contribution >= 0.6 is 0 Å². The fraction of sp³-hybridized carbons (Fsp3) is 0.588. The van der Waals surface area contributed by atoms with Gasteiger partial charge in [-0.05, 0) is 42.7 Å². The maximum atomic E-state index is 12.4. The Labute approximate surface area is 121 Å². The Morgan fingerprint density at radius 3 is 2.70 bits per heavy atom. The lowest BCUT2D eigenvalue weighted by atomic mass is 9.83. The molecule has 0 aromatic heterocycles. The highest BCUT2D eigenvalue weighted by Gasteiger charge is 2.25. The second-order valence-corrected chi connectivity index (χ2v) is 6.28. The van der Waals surface area contributed by atoms with E-state index in [2.05, 4.69) is 43.4 Å². The summed E-state index contributed by atoms with van der Waals surface area (Å²) in [5, 5.41) is 3.13. The summed E-state index contributed by atoms with van der Waals surface area (Å²) >= 11 is 0. The molecule has 0 radical (unpaired) electrons. The van der Waals surface area contributed by atoms with Gasteiger partial charge in [0.1, 0.15) is 0 Å². The van der Waals surface area contributed by atoms with Crippen LogP contribution in [-0.4, -0.2) is 18.5 Å². The summed E-state index contributed by atoms with van der Waals surface area (Å²) in [5.74, 6) is 0.831. The first kappa shape index (κ1) is 15.0. The zero-order valence-corrected chi connectivity index (χ0v) is 12.6. The average Bonchev–Trinajstić information content (AvgIpc) is 2.45. The van der Waals surface area contributed by atoms with Gasteiger partial charge >= 0.3 is 0 Å². The van der Waals surface area contributed by atoms with Crippen LogP contribution in [0.25, 0.3) is 0 Å². The lowest BCUT2D eigenvalue weighted by Gasteiger charge is -2.26. The van der Waals surface area contributed by atoms with Crippen molar-refractivity contribution in [3.63, 3.8) is 0 Å². The Balaban J connectivity index is 1.94. The highest BCUT2D eigenvalue weighted by atomic mass is 16.1. The van der Waals surface area contributed by atoms with E-state index in [0.717, 1.165) is 25.7 Å². The van der Waals surface area contributed by atoms with Crippen LogP contribution in [0.2, 0.25) is 0 Å². The molecule has 2 atom stereocenters. The lowest BCUT2D eigenvalue weighted by molar-refractivity contribution is -0.126. The van der Waals surface area contributed by atoms with Gasteiger partial charge in [0, 0.05) is 18.5 Å². The summed E-state index contributed by atoms with van der Waals surface area (Å²) in [7, 11) is 0. The van der Waals surface area contributed by atoms with Gasteiger partial charge < -0.3 is 11.1 Å². The molecule has 1 aromatic carbocycles. The van der Waals surface area contributed by atoms with Crippen molar-refractivity contribution in [1.82, 2.24) is 5.32 Å². The van der Waals surface area contributed by atoms with E-state index in [1.165, 1.54) is 11.1 Å². The van der Waals surface area contributed by atoms with Gasteiger partial charge in [0.2, 0.25) is 5.91 Å². The molecular weight excluding hydrogens is 248 g/mol. The zero-order valence-electron chi connectivity index (χ0n) is 12.6. The van der Waals surface area contributed by atoms with E-state index in [4.69, 9.17) is 5.73 Å². The molecule has 1 aliphatic rings. The summed E-state index contributed by atoms with van der Waals surface area (Å²) in [6.45, 7) is 4.84. The first-order valence-corrected chi connectivity index (χ1v) is 7.67. The Kier molecular flexibility index (Phi) is 5.18. The fourth-order valence-corrected chi connectivity index (χ4v) is 3.02. The maximum Gasteiger partial charge on any atom is 0.223 e. The van der Waals surface area contributed by atoms with Crippen molar-refractivity contribution in [2.75, 3.05) is 6.54 Å². The predicted octanol–water partition coefficient (Wildman–Crippen LogP) is 2.28. The Morgan fingerprint density at radius 1 is 1.35 bits per heavy atom. The minimum atomic E-state index is 0.103. The summed E-state index contributed by atoms with van der Waals surface area (Å²) in [4.78, 5) is 12.4. The minimum absolute atomic E-state index is 0.103. The standard InChI is InChI=1S/C17H26N2O/c1-12(2)9-16(11-18)19-17(20)15-8-7-13-5-3-4-6-14(13)10-15/h3-6,12,15-16H,7-11,18H2,1-2H3,(H,19,20). The van der Waals surface area contributed by atoms with Crippen LogP contribution in [0.1, 0.15) is 37.8 Å². The van der Waals surface area contributed by atoms with Crippen LogP contribution in [-0.2, 0) is 17.6 Å². The molecule has 0 heterocycles. The van der Waals surface area contributed by atoms with Crippen LogP contribution in [0.5, 0.6) is 0 Å². The maximum absolute atomic E-state index is 12.4. The number of carbonyl (C=O) groups is 1. The molecule has 0 saturated carbocycles. The average molecular weight is 274 g/mol. The van der Waals surface area contributed by atoms with Gasteiger partial charge in [0.05, 0.1) is 0 Å². The fourth-order valence-electron chi connectivity index (χ4n) is 3.02. The molecule has 1 aromatic rings. The third-order valence-corrected chi connectivity index (χ3v) is 4.10. The zero-order chi connectivity index (χ0) is 14.5. The van der Waals surface area contributed by atoms with E-state index < -0.39 is 0 Å². The molecule has 0 fully saturated rings. The number of carbonyl (C=O) groups excluding carboxylic acids is 1. The summed E-state index contributed by atoms with van der Waals surface area (Å²) in [5.41, 5.74) is 8.48. The van der Waals surface area contributed by atoms with Gasteiger partial charge in [0.25, 0.3) is 0 Å². The summed E-state index contributed by atoms with van der Waals surface area (Å²) in [6, 6.07) is 8.56. The third-order valence-electron chi connectivity index (χ3n) is 4.10. The van der Waals surface area contributed by atoms with Gasteiger partial charge in [-0.1, -0.05) is 38.1 Å². The molecule has 0 aliphatic heterocycles. The van der Waals surface area contributed by atoms with Gasteiger partial charge in [-0.15, -0.1) is 0 Å². The van der Waals surface area contributed by atoms with Crippen molar-refractivity contribution in [3.05, 3.63) is 35.4 Å². The Bertz CT molecular complexity index is 456. The molecule has 2 rings (SSSR count). The third kappa shape index (κ3) is 3.83. The quantitative estimate of drug-likeness (QED) is 0.865. The van der Waals surface area contributed by atoms with Crippen molar-refractivity contribution in [2.24, 2.45) is 17.6 Å². The van der Waals surface area contributed by atoms with Crippen LogP contribution < -0.4 is 11.1 Å². The smallest absolute Gasteiger partial charge is 0.223 e. The molecule has 2 unspecified atom stereocenters. The molecule has 3 N–H and O–H groups in total. The number of nitrogens with two attached hydrogens (primary N) is 1. The number of benzene rings is 1. The lowest BCUT2D eigenvalue weighted by Crippen LogP contribution is -2.44. The topological polar surface area (TPSA) is 55.1 Å². The van der Waals surface area contributed by atoms with E-state index in [0.29, 0.717) is 12.5 Å². The summed E-state index contributed by atoms with van der Waals surface area (Å²) < 4.78 is 0. The number of aryl methyl sites for hydroxylation is 1. The van der Waals surface area contributed by atoms with Gasteiger partial charge in [-0.3, -0.25) is 4.79 Å². The molecule has 3 nitrogen and oxygen atoms in total. The monoisotopic (exact) mass is 274 g/mol. The number of hydrogen-bond donors (Lipinski definition) is 2. The van der Waals surface area contributed by atoms with Gasteiger partial charge in [-0.25, -0.2) is 0 Å². The first-order chi connectivity index (χ1) is 9.60. The van der Waals surface area contributed by atoms with Crippen molar-refractivity contribution in [1.29, 1.82) is 0 Å². The number of hydrogen-bond acceptors (Lipinski definition) is 2. The number of amides is 1. The van der Waals surface area contributed by atoms with Crippen molar-refractivity contribution in [3.8, 4) is 0 Å². The second-order valence-electron chi connectivity index (χ2n) is 6.28. The Morgan fingerprint density at radius 2 is 2.05 bits per heavy atom. The normalized spacial score (nSPS) is 19.5. The number of nitrogens with one attached hydrogen (secondary N) is 1. The van der Waals surface area contributed by atoms with E-state index >= 15 is 0 Å². The van der Waals surface area contributed by atoms with E-state index in [1.54, 1.807) is 0 Å². The van der Waals surface area contributed by atoms with Crippen molar-refractivity contribution >= 4 is 5.91 Å². The predicted molar refractivity (Wildman–Crippen MR) is 82.4 cm³/mol. The van der Waals surface area contributed by atoms with E-state index in [1.807, 2.05) is 0 Å². The van der Waals surface area contributed by atoms with Crippen molar-refractivity contribution < 1.29 is 4.79 Å². The van der Waals surface area contributed by atoms with Gasteiger partial charge in [0.15, 0.2) is 0 Å². The molecule has 1 amide bonds. The number of rotatable bonds is 5. The summed E-state index contributed by atoms with van der Waals surface area (Å²) in [6.07, 6.45) is 3.76. The molecule has 0 spiro atoms. The second kappa shape index (κ2) is 6.89. The molecule has 20 heavy (non-hydrogen) atoms. The van der Waals surface area contributed by atoms with Crippen molar-refractivity contribution in [2.45, 2.75) is 45.6 Å². The minimum Gasteiger partial charge on any atom is -0.352 e. The molecule has 0 bridgehead atoms. The van der Waals surface area contributed by atoms with Gasteiger partial charge in [-0.2, -0.15) is 0 Å². The van der Waals surface area contributed by atoms with Crippen LogP contribution in [0.15, 0.2) is 24.3 Å². The molecule has 1 aliphatic carbocycles. The SMILES string of the molecule is CC(C)CC(CN)NC(=O)C1CCc2ccccc2C1. The molecular formula is C17H26N2O. The Hall–Kier alpha value is -1.35. The molecule has 3 heteroatoms. The molecule has 0 saturated heterocycles. The van der Waals surface area contributed by atoms with E-state index in [-0.39, 0.29) is 17.9 Å². The van der Waals surface area contributed by atoms with Crippen LogP contribution in [0, 0.1) is 11.8 Å².